The lowest BCUT2D eigenvalue weighted by atomic mass is 10.3. The van der Waals surface area contributed by atoms with Gasteiger partial charge in [-0.05, 0) is 22.0 Å². The van der Waals surface area contributed by atoms with Crippen LogP contribution >= 0.6 is 27.3 Å². The van der Waals surface area contributed by atoms with Gasteiger partial charge < -0.3 is 9.90 Å². The SMILES string of the molecule is O=C([O-])c1cc2c(Br)cncc2s1. The molecular formula is C8H3BrNO2S-. The Morgan fingerprint density at radius 1 is 1.54 bits per heavy atom. The summed E-state index contributed by atoms with van der Waals surface area (Å²) in [5.41, 5.74) is 0. The third-order valence-electron chi connectivity index (χ3n) is 1.60. The number of carbonyl (C=O) groups excluding carboxylic acids is 1. The number of hydrogen-bond acceptors (Lipinski definition) is 4. The summed E-state index contributed by atoms with van der Waals surface area (Å²) in [5, 5.41) is 11.4. The summed E-state index contributed by atoms with van der Waals surface area (Å²) < 4.78 is 1.64. The van der Waals surface area contributed by atoms with Crippen LogP contribution in [0.4, 0.5) is 0 Å². The zero-order valence-corrected chi connectivity index (χ0v) is 8.68. The van der Waals surface area contributed by atoms with Crippen molar-refractivity contribution in [2.45, 2.75) is 0 Å². The summed E-state index contributed by atoms with van der Waals surface area (Å²) in [6.07, 6.45) is 3.27. The zero-order valence-electron chi connectivity index (χ0n) is 6.28. The Morgan fingerprint density at radius 2 is 2.31 bits per heavy atom. The molecule has 0 aliphatic carbocycles. The largest absolute Gasteiger partial charge is 0.544 e. The quantitative estimate of drug-likeness (QED) is 0.776. The Labute approximate surface area is 86.2 Å². The molecule has 66 valence electrons. The summed E-state index contributed by atoms with van der Waals surface area (Å²) in [7, 11) is 0. The average molecular weight is 257 g/mol. The van der Waals surface area contributed by atoms with Crippen molar-refractivity contribution in [1.82, 2.24) is 4.98 Å². The maximum atomic E-state index is 10.5. The molecule has 0 radical (unpaired) electrons. The van der Waals surface area contributed by atoms with E-state index in [1.807, 2.05) is 0 Å². The van der Waals surface area contributed by atoms with Gasteiger partial charge in [0.1, 0.15) is 0 Å². The molecule has 0 amide bonds. The first-order chi connectivity index (χ1) is 6.18. The van der Waals surface area contributed by atoms with E-state index in [4.69, 9.17) is 0 Å². The van der Waals surface area contributed by atoms with Crippen LogP contribution in [0.2, 0.25) is 0 Å². The van der Waals surface area contributed by atoms with Crippen LogP contribution in [-0.2, 0) is 0 Å². The fraction of sp³-hybridized carbons (Fsp3) is 0. The molecule has 0 saturated carbocycles. The molecule has 5 heteroatoms. The third-order valence-corrected chi connectivity index (χ3v) is 3.28. The number of fused-ring (bicyclic) bond motifs is 1. The highest BCUT2D eigenvalue weighted by Gasteiger charge is 2.04. The molecule has 0 N–H and O–H groups in total. The van der Waals surface area contributed by atoms with Gasteiger partial charge in [0, 0.05) is 22.3 Å². The van der Waals surface area contributed by atoms with E-state index in [-0.39, 0.29) is 4.88 Å². The average Bonchev–Trinajstić information content (AvgIpc) is 2.49. The monoisotopic (exact) mass is 256 g/mol. The maximum absolute atomic E-state index is 10.5. The molecular weight excluding hydrogens is 254 g/mol. The molecule has 0 atom stereocenters. The van der Waals surface area contributed by atoms with Crippen molar-refractivity contribution in [1.29, 1.82) is 0 Å². The molecule has 0 spiro atoms. The van der Waals surface area contributed by atoms with E-state index in [0.717, 1.165) is 25.9 Å². The summed E-state index contributed by atoms with van der Waals surface area (Å²) in [5.74, 6) is -1.15. The first kappa shape index (κ1) is 8.65. The number of thiophene rings is 1. The van der Waals surface area contributed by atoms with E-state index < -0.39 is 5.97 Å². The number of carbonyl (C=O) groups is 1. The zero-order chi connectivity index (χ0) is 9.42. The Kier molecular flexibility index (Phi) is 2.05. The highest BCUT2D eigenvalue weighted by atomic mass is 79.9. The van der Waals surface area contributed by atoms with Crippen molar-refractivity contribution in [3.8, 4) is 0 Å². The molecule has 2 heterocycles. The summed E-state index contributed by atoms with van der Waals surface area (Å²) in [4.78, 5) is 14.7. The lowest BCUT2D eigenvalue weighted by Crippen LogP contribution is -2.20. The maximum Gasteiger partial charge on any atom is 0.0815 e. The molecule has 0 bridgehead atoms. The number of halogens is 1. The Morgan fingerprint density at radius 3 is 2.92 bits per heavy atom. The van der Waals surface area contributed by atoms with Gasteiger partial charge in [0.15, 0.2) is 0 Å². The Hall–Kier alpha value is -0.940. The second-order valence-corrected chi connectivity index (χ2v) is 4.37. The molecule has 2 rings (SSSR count). The molecule has 3 nitrogen and oxygen atoms in total. The molecule has 0 aromatic carbocycles. The third kappa shape index (κ3) is 1.45. The molecule has 2 aromatic rings. The smallest absolute Gasteiger partial charge is 0.0815 e. The highest BCUT2D eigenvalue weighted by Crippen LogP contribution is 2.29. The van der Waals surface area contributed by atoms with Gasteiger partial charge in [-0.2, -0.15) is 0 Å². The molecule has 0 unspecified atom stereocenters. The van der Waals surface area contributed by atoms with Gasteiger partial charge in [-0.15, -0.1) is 11.3 Å². The second-order valence-electron chi connectivity index (χ2n) is 2.43. The summed E-state index contributed by atoms with van der Waals surface area (Å²) >= 11 is 4.46. The predicted octanol–water partition coefficient (Wildman–Crippen LogP) is 1.42. The van der Waals surface area contributed by atoms with Gasteiger partial charge >= 0.3 is 0 Å². The fourth-order valence-corrected chi connectivity index (χ4v) is 2.50. The van der Waals surface area contributed by atoms with Crippen molar-refractivity contribution in [2.75, 3.05) is 0 Å². The number of hydrogen-bond donors (Lipinski definition) is 0. The molecule has 2 aromatic heterocycles. The number of rotatable bonds is 1. The first-order valence-corrected chi connectivity index (χ1v) is 5.04. The normalized spacial score (nSPS) is 10.5. The summed E-state index contributed by atoms with van der Waals surface area (Å²) in [6, 6.07) is 1.58. The lowest BCUT2D eigenvalue weighted by molar-refractivity contribution is -0.254. The van der Waals surface area contributed by atoms with Gasteiger partial charge in [0.2, 0.25) is 0 Å². The van der Waals surface area contributed by atoms with Crippen LogP contribution in [0.1, 0.15) is 9.67 Å². The Balaban J connectivity index is 2.75. The van der Waals surface area contributed by atoms with Crippen molar-refractivity contribution in [3.05, 3.63) is 27.8 Å². The van der Waals surface area contributed by atoms with E-state index in [2.05, 4.69) is 20.9 Å². The van der Waals surface area contributed by atoms with E-state index in [9.17, 15) is 9.90 Å². The van der Waals surface area contributed by atoms with Crippen LogP contribution < -0.4 is 5.11 Å². The molecule has 0 aliphatic heterocycles. The van der Waals surface area contributed by atoms with Crippen molar-refractivity contribution in [3.63, 3.8) is 0 Å². The van der Waals surface area contributed by atoms with Gasteiger partial charge in [0.05, 0.1) is 15.5 Å². The number of carboxylic acid groups (broad SMARTS) is 1. The van der Waals surface area contributed by atoms with E-state index in [0.29, 0.717) is 0 Å². The minimum Gasteiger partial charge on any atom is -0.544 e. The van der Waals surface area contributed by atoms with Crippen LogP contribution in [0.25, 0.3) is 10.1 Å². The minimum atomic E-state index is -1.15. The molecule has 13 heavy (non-hydrogen) atoms. The standard InChI is InChI=1S/C8H4BrNO2S/c9-5-2-10-3-7-4(5)1-6(13-7)8(11)12/h1-3H,(H,11,12)/p-1. The van der Waals surface area contributed by atoms with Crippen molar-refractivity contribution in [2.24, 2.45) is 0 Å². The van der Waals surface area contributed by atoms with Gasteiger partial charge in [0.25, 0.3) is 0 Å². The van der Waals surface area contributed by atoms with Gasteiger partial charge in [-0.25, -0.2) is 0 Å². The van der Waals surface area contributed by atoms with Gasteiger partial charge in [-0.3, -0.25) is 4.98 Å². The van der Waals surface area contributed by atoms with Crippen molar-refractivity contribution < 1.29 is 9.90 Å². The number of aromatic carboxylic acids is 1. The summed E-state index contributed by atoms with van der Waals surface area (Å²) in [6.45, 7) is 0. The van der Waals surface area contributed by atoms with E-state index in [1.54, 1.807) is 18.5 Å². The van der Waals surface area contributed by atoms with Crippen LogP contribution in [0.5, 0.6) is 0 Å². The first-order valence-electron chi connectivity index (χ1n) is 3.43. The predicted molar refractivity (Wildman–Crippen MR) is 51.7 cm³/mol. The lowest BCUT2D eigenvalue weighted by Gasteiger charge is -1.92. The number of nitrogens with zero attached hydrogens (tertiary/aromatic N) is 1. The van der Waals surface area contributed by atoms with Crippen LogP contribution in [0.15, 0.2) is 22.9 Å². The molecule has 0 aliphatic rings. The topological polar surface area (TPSA) is 53.0 Å². The molecule has 0 fully saturated rings. The number of pyridine rings is 1. The fourth-order valence-electron chi connectivity index (χ4n) is 1.03. The van der Waals surface area contributed by atoms with Crippen LogP contribution in [0, 0.1) is 0 Å². The van der Waals surface area contributed by atoms with E-state index >= 15 is 0 Å². The second kappa shape index (κ2) is 3.08. The highest BCUT2D eigenvalue weighted by molar-refractivity contribution is 9.10. The van der Waals surface area contributed by atoms with E-state index in [1.165, 1.54) is 0 Å². The van der Waals surface area contributed by atoms with Crippen LogP contribution in [-0.4, -0.2) is 11.0 Å². The van der Waals surface area contributed by atoms with Crippen LogP contribution in [0.3, 0.4) is 0 Å². The molecule has 0 saturated heterocycles. The number of carboxylic acids is 1. The number of aromatic nitrogens is 1. The minimum absolute atomic E-state index is 0.226. The van der Waals surface area contributed by atoms with Crippen molar-refractivity contribution >= 4 is 43.3 Å². The Bertz CT molecular complexity index is 480. The van der Waals surface area contributed by atoms with Gasteiger partial charge in [-0.1, -0.05) is 0 Å².